The maximum atomic E-state index is 12.7. The van der Waals surface area contributed by atoms with E-state index >= 15 is 0 Å². The zero-order chi connectivity index (χ0) is 21.9. The molecule has 0 radical (unpaired) electrons. The maximum Gasteiger partial charge on any atom is 0.223 e. The first-order valence-corrected chi connectivity index (χ1v) is 12.1. The van der Waals surface area contributed by atoms with Gasteiger partial charge in [0, 0.05) is 42.7 Å². The second-order valence-corrected chi connectivity index (χ2v) is 9.23. The van der Waals surface area contributed by atoms with Crippen molar-refractivity contribution in [2.45, 2.75) is 26.2 Å². The Morgan fingerprint density at radius 3 is 2.94 bits per heavy atom. The van der Waals surface area contributed by atoms with Gasteiger partial charge in [0.25, 0.3) is 0 Å². The Morgan fingerprint density at radius 2 is 2.09 bits per heavy atom. The normalized spacial score (nSPS) is 14.8. The van der Waals surface area contributed by atoms with Crippen molar-refractivity contribution in [2.75, 3.05) is 31.1 Å². The first kappa shape index (κ1) is 20.8. The Morgan fingerprint density at radius 1 is 1.25 bits per heavy atom. The van der Waals surface area contributed by atoms with Crippen LogP contribution in [0.4, 0.5) is 5.13 Å². The van der Waals surface area contributed by atoms with E-state index in [2.05, 4.69) is 39.5 Å². The highest BCUT2D eigenvalue weighted by Gasteiger charge is 2.26. The van der Waals surface area contributed by atoms with Gasteiger partial charge in [0.2, 0.25) is 5.91 Å². The number of nitrogens with one attached hydrogen (secondary N) is 2. The summed E-state index contributed by atoms with van der Waals surface area (Å²) in [4.78, 5) is 23.1. The van der Waals surface area contributed by atoms with Gasteiger partial charge in [0.15, 0.2) is 5.13 Å². The quantitative estimate of drug-likeness (QED) is 0.428. The van der Waals surface area contributed by atoms with Crippen LogP contribution >= 0.6 is 11.3 Å². The van der Waals surface area contributed by atoms with Crippen LogP contribution in [0.3, 0.4) is 0 Å². The Kier molecular flexibility index (Phi) is 5.99. The predicted octanol–water partition coefficient (Wildman–Crippen LogP) is 4.75. The third kappa shape index (κ3) is 4.30. The number of thiazole rings is 1. The molecule has 3 heterocycles. The molecule has 0 bridgehead atoms. The summed E-state index contributed by atoms with van der Waals surface area (Å²) in [5.74, 6) is 1.14. The van der Waals surface area contributed by atoms with Crippen molar-refractivity contribution in [1.29, 1.82) is 0 Å². The van der Waals surface area contributed by atoms with Gasteiger partial charge in [-0.15, -0.1) is 0 Å². The van der Waals surface area contributed by atoms with Crippen LogP contribution in [0, 0.1) is 5.92 Å². The number of carbonyl (C=O) groups excluding carboxylic acids is 1. The molecule has 2 N–H and O–H groups in total. The van der Waals surface area contributed by atoms with Gasteiger partial charge in [-0.3, -0.25) is 4.79 Å². The number of hydrogen-bond acceptors (Lipinski definition) is 5. The van der Waals surface area contributed by atoms with Gasteiger partial charge in [-0.1, -0.05) is 29.5 Å². The number of H-pyrrole nitrogens is 1. The van der Waals surface area contributed by atoms with E-state index < -0.39 is 0 Å². The first-order valence-electron chi connectivity index (χ1n) is 11.3. The third-order valence-electron chi connectivity index (χ3n) is 6.16. The molecular formula is C25H28N4O2S. The minimum absolute atomic E-state index is 0.0770. The van der Waals surface area contributed by atoms with Crippen molar-refractivity contribution in [1.82, 2.24) is 15.3 Å². The molecule has 1 saturated heterocycles. The second-order valence-electron chi connectivity index (χ2n) is 8.22. The lowest BCUT2D eigenvalue weighted by Crippen LogP contribution is -2.41. The van der Waals surface area contributed by atoms with E-state index in [1.807, 2.05) is 31.3 Å². The monoisotopic (exact) mass is 448 g/mol. The summed E-state index contributed by atoms with van der Waals surface area (Å²) in [7, 11) is 0. The molecule has 7 heteroatoms. The van der Waals surface area contributed by atoms with E-state index in [9.17, 15) is 4.79 Å². The number of fused-ring (bicyclic) bond motifs is 2. The molecule has 1 aliphatic heterocycles. The molecule has 32 heavy (non-hydrogen) atoms. The highest BCUT2D eigenvalue weighted by Crippen LogP contribution is 2.33. The molecule has 166 valence electrons. The van der Waals surface area contributed by atoms with Gasteiger partial charge in [0.1, 0.15) is 5.75 Å². The Labute approximate surface area is 191 Å². The lowest BCUT2D eigenvalue weighted by molar-refractivity contribution is -0.125. The zero-order valence-electron chi connectivity index (χ0n) is 18.3. The van der Waals surface area contributed by atoms with E-state index in [0.29, 0.717) is 13.2 Å². The fourth-order valence-electron chi connectivity index (χ4n) is 4.42. The smallest absolute Gasteiger partial charge is 0.223 e. The third-order valence-corrected chi connectivity index (χ3v) is 7.24. The predicted molar refractivity (Wildman–Crippen MR) is 131 cm³/mol. The van der Waals surface area contributed by atoms with Crippen LogP contribution < -0.4 is 15.0 Å². The highest BCUT2D eigenvalue weighted by molar-refractivity contribution is 7.22. The molecule has 2 aromatic carbocycles. The summed E-state index contributed by atoms with van der Waals surface area (Å²) in [5.41, 5.74) is 3.40. The first-order chi connectivity index (χ1) is 15.7. The molecule has 0 saturated carbocycles. The fourth-order valence-corrected chi connectivity index (χ4v) is 5.47. The maximum absolute atomic E-state index is 12.7. The Balaban J connectivity index is 1.13. The van der Waals surface area contributed by atoms with E-state index in [0.717, 1.165) is 59.0 Å². The van der Waals surface area contributed by atoms with Crippen LogP contribution in [0.5, 0.6) is 5.75 Å². The number of ether oxygens (including phenoxy) is 1. The summed E-state index contributed by atoms with van der Waals surface area (Å²) in [6.07, 6.45) is 4.60. The van der Waals surface area contributed by atoms with Crippen LogP contribution in [0.1, 0.15) is 25.3 Å². The van der Waals surface area contributed by atoms with Crippen LogP contribution in [-0.2, 0) is 11.2 Å². The number of benzene rings is 2. The summed E-state index contributed by atoms with van der Waals surface area (Å²) in [6, 6.07) is 14.3. The topological polar surface area (TPSA) is 70.2 Å². The molecule has 4 aromatic rings. The summed E-state index contributed by atoms with van der Waals surface area (Å²) in [5, 5.41) is 5.42. The number of rotatable bonds is 7. The van der Waals surface area contributed by atoms with Crippen molar-refractivity contribution < 1.29 is 9.53 Å². The Bertz CT molecular complexity index is 1220. The van der Waals surface area contributed by atoms with Gasteiger partial charge < -0.3 is 19.9 Å². The number of hydrogen-bond donors (Lipinski definition) is 2. The van der Waals surface area contributed by atoms with Crippen molar-refractivity contribution >= 4 is 43.5 Å². The molecule has 1 fully saturated rings. The Hall–Kier alpha value is -3.06. The molecular weight excluding hydrogens is 420 g/mol. The zero-order valence-corrected chi connectivity index (χ0v) is 19.1. The number of aromatic amines is 1. The van der Waals surface area contributed by atoms with Gasteiger partial charge >= 0.3 is 0 Å². The lowest BCUT2D eigenvalue weighted by Gasteiger charge is -2.31. The van der Waals surface area contributed by atoms with Gasteiger partial charge in [-0.05, 0) is 56.0 Å². The molecule has 0 atom stereocenters. The number of carbonyl (C=O) groups is 1. The summed E-state index contributed by atoms with van der Waals surface area (Å²) < 4.78 is 6.75. The molecule has 0 spiro atoms. The summed E-state index contributed by atoms with van der Waals surface area (Å²) in [6.45, 7) is 5.04. The molecule has 2 aromatic heterocycles. The van der Waals surface area contributed by atoms with Crippen molar-refractivity contribution in [2.24, 2.45) is 5.92 Å². The van der Waals surface area contributed by atoms with Gasteiger partial charge in [-0.2, -0.15) is 0 Å². The number of para-hydroxylation sites is 1. The van der Waals surface area contributed by atoms with Crippen molar-refractivity contribution in [3.63, 3.8) is 0 Å². The largest absolute Gasteiger partial charge is 0.494 e. The average Bonchev–Trinajstić information content (AvgIpc) is 3.43. The van der Waals surface area contributed by atoms with Gasteiger partial charge in [-0.25, -0.2) is 4.98 Å². The standard InChI is InChI=1S/C25H28N4O2S/c1-2-31-19-7-8-22-23(15-19)32-25(28-22)29-13-10-17(11-14-29)24(30)26-12-9-18-16-27-21-6-4-3-5-20(18)21/h3-8,15-17,27H,2,9-14H2,1H3,(H,26,30). The van der Waals surface area contributed by atoms with Crippen molar-refractivity contribution in [3.8, 4) is 5.75 Å². The van der Waals surface area contributed by atoms with Crippen molar-refractivity contribution in [3.05, 3.63) is 54.2 Å². The molecule has 1 amide bonds. The summed E-state index contributed by atoms with van der Waals surface area (Å²) >= 11 is 1.70. The molecule has 6 nitrogen and oxygen atoms in total. The number of piperidine rings is 1. The average molecular weight is 449 g/mol. The number of amides is 1. The van der Waals surface area contributed by atoms with E-state index in [-0.39, 0.29) is 11.8 Å². The molecule has 0 aliphatic carbocycles. The minimum Gasteiger partial charge on any atom is -0.494 e. The highest BCUT2D eigenvalue weighted by atomic mass is 32.1. The van der Waals surface area contributed by atoms with Crippen LogP contribution in [0.25, 0.3) is 21.1 Å². The number of aromatic nitrogens is 2. The van der Waals surface area contributed by atoms with E-state index in [1.165, 1.54) is 10.9 Å². The SMILES string of the molecule is CCOc1ccc2nc(N3CCC(C(=O)NCCc4c[nH]c5ccccc45)CC3)sc2c1. The molecule has 1 aliphatic rings. The van der Waals surface area contributed by atoms with Crippen LogP contribution in [0.2, 0.25) is 0 Å². The molecule has 5 rings (SSSR count). The molecule has 0 unspecified atom stereocenters. The lowest BCUT2D eigenvalue weighted by atomic mass is 9.96. The van der Waals surface area contributed by atoms with Crippen LogP contribution in [-0.4, -0.2) is 42.1 Å². The second kappa shape index (κ2) is 9.20. The fraction of sp³-hybridized carbons (Fsp3) is 0.360. The minimum atomic E-state index is 0.0770. The number of nitrogens with zero attached hydrogens (tertiary/aromatic N) is 2. The van der Waals surface area contributed by atoms with Gasteiger partial charge in [0.05, 0.1) is 16.8 Å². The number of anilines is 1. The van der Waals surface area contributed by atoms with E-state index in [4.69, 9.17) is 9.72 Å². The van der Waals surface area contributed by atoms with Crippen LogP contribution in [0.15, 0.2) is 48.7 Å². The van der Waals surface area contributed by atoms with E-state index in [1.54, 1.807) is 11.3 Å².